The Morgan fingerprint density at radius 3 is 2.45 bits per heavy atom. The highest BCUT2D eigenvalue weighted by Crippen LogP contribution is 2.23. The second kappa shape index (κ2) is 6.39. The molecule has 0 aliphatic heterocycles. The van der Waals surface area contributed by atoms with Crippen LogP contribution in [0.1, 0.15) is 19.2 Å². The molecule has 0 saturated heterocycles. The number of fused-ring (bicyclic) bond motifs is 1. The Bertz CT molecular complexity index is 704. The van der Waals surface area contributed by atoms with Gasteiger partial charge in [0, 0.05) is 12.5 Å². The highest BCUT2D eigenvalue weighted by molar-refractivity contribution is 14.0. The zero-order chi connectivity index (χ0) is 13.2. The Kier molecular flexibility index (Phi) is 4.81. The largest absolute Gasteiger partial charge is 0.402 e. The Morgan fingerprint density at radius 2 is 1.75 bits per heavy atom. The predicted molar refractivity (Wildman–Crippen MR) is 92.3 cm³/mol. The molecule has 0 atom stereocenters. The van der Waals surface area contributed by atoms with Crippen molar-refractivity contribution >= 4 is 35.1 Å². The molecule has 0 saturated carbocycles. The summed E-state index contributed by atoms with van der Waals surface area (Å²) in [6, 6.07) is 16.9. The summed E-state index contributed by atoms with van der Waals surface area (Å²) in [6.07, 6.45) is 1.11. The van der Waals surface area contributed by atoms with Crippen molar-refractivity contribution in [2.24, 2.45) is 0 Å². The summed E-state index contributed by atoms with van der Waals surface area (Å²) in [5.41, 5.74) is 4.62. The molecule has 2 nitrogen and oxygen atoms in total. The fraction of sp³-hybridized carbons (Fsp3) is 0.235. The number of aryl methyl sites for hydroxylation is 2. The zero-order valence-electron chi connectivity index (χ0n) is 11.8. The molecule has 3 aromatic rings. The van der Waals surface area contributed by atoms with Crippen LogP contribution < -0.4 is 4.57 Å². The average molecular weight is 380 g/mol. The van der Waals surface area contributed by atoms with Crippen molar-refractivity contribution in [2.75, 3.05) is 0 Å². The van der Waals surface area contributed by atoms with Gasteiger partial charge in [-0.3, -0.25) is 0 Å². The van der Waals surface area contributed by atoms with Crippen LogP contribution >= 0.6 is 24.0 Å². The van der Waals surface area contributed by atoms with Gasteiger partial charge in [0.1, 0.15) is 0 Å². The van der Waals surface area contributed by atoms with E-state index in [0.717, 1.165) is 24.4 Å². The number of hydrogen-bond acceptors (Lipinski definition) is 1. The van der Waals surface area contributed by atoms with Gasteiger partial charge < -0.3 is 4.42 Å². The monoisotopic (exact) mass is 380 g/mol. The number of rotatable bonds is 3. The van der Waals surface area contributed by atoms with Crippen molar-refractivity contribution in [3.05, 3.63) is 54.4 Å². The molecule has 1 aromatic heterocycles. The van der Waals surface area contributed by atoms with Gasteiger partial charge in [-0.15, -0.1) is 24.0 Å². The summed E-state index contributed by atoms with van der Waals surface area (Å²) >= 11 is 0. The molecular weight excluding hydrogens is 361 g/mol. The molecule has 0 N–H and O–H groups in total. The van der Waals surface area contributed by atoms with E-state index in [4.69, 9.17) is 4.42 Å². The number of nitrogens with zero attached hydrogens (tertiary/aromatic N) is 1. The van der Waals surface area contributed by atoms with E-state index in [1.165, 1.54) is 16.6 Å². The molecular formula is C17H19INO+. The quantitative estimate of drug-likeness (QED) is 0.475. The molecule has 0 amide bonds. The molecule has 0 unspecified atom stereocenters. The predicted octanol–water partition coefficient (Wildman–Crippen LogP) is 4.72. The Balaban J connectivity index is 0.00000147. The maximum absolute atomic E-state index is 5.81. The van der Waals surface area contributed by atoms with Gasteiger partial charge in [0.15, 0.2) is 6.54 Å². The molecule has 0 bridgehead atoms. The number of aromatic nitrogens is 1. The number of benzene rings is 2. The SMILES string of the molecule is CCC[n+]1c(C)oc2ccc(-c3ccccc3)cc21.I. The first-order valence-corrected chi connectivity index (χ1v) is 6.78. The van der Waals surface area contributed by atoms with Crippen LogP contribution in [0, 0.1) is 6.92 Å². The van der Waals surface area contributed by atoms with Gasteiger partial charge in [-0.2, -0.15) is 4.57 Å². The molecule has 3 heteroatoms. The van der Waals surface area contributed by atoms with Crippen molar-refractivity contribution in [3.63, 3.8) is 0 Å². The van der Waals surface area contributed by atoms with E-state index in [0.29, 0.717) is 0 Å². The lowest BCUT2D eigenvalue weighted by Crippen LogP contribution is -2.34. The summed E-state index contributed by atoms with van der Waals surface area (Å²) in [6.45, 7) is 5.21. The Morgan fingerprint density at radius 1 is 1.00 bits per heavy atom. The summed E-state index contributed by atoms with van der Waals surface area (Å²) < 4.78 is 8.06. The topological polar surface area (TPSA) is 17.0 Å². The van der Waals surface area contributed by atoms with Crippen molar-refractivity contribution in [2.45, 2.75) is 26.8 Å². The molecule has 0 aliphatic rings. The van der Waals surface area contributed by atoms with Crippen LogP contribution in [0.4, 0.5) is 0 Å². The standard InChI is InChI=1S/C17H18NO.HI/c1-3-11-18-13(2)19-17-10-9-15(12-16(17)18)14-7-5-4-6-8-14;/h4-10,12H,3,11H2,1-2H3;1H/q+1;. The molecule has 0 aliphatic carbocycles. The van der Waals surface area contributed by atoms with E-state index in [9.17, 15) is 0 Å². The summed E-state index contributed by atoms with van der Waals surface area (Å²) in [4.78, 5) is 0. The third-order valence-corrected chi connectivity index (χ3v) is 3.44. The third-order valence-electron chi connectivity index (χ3n) is 3.44. The van der Waals surface area contributed by atoms with Crippen LogP contribution in [0.3, 0.4) is 0 Å². The minimum absolute atomic E-state index is 0. The molecule has 1 heterocycles. The lowest BCUT2D eigenvalue weighted by atomic mass is 10.1. The van der Waals surface area contributed by atoms with Gasteiger partial charge in [0.25, 0.3) is 5.52 Å². The van der Waals surface area contributed by atoms with E-state index in [1.54, 1.807) is 0 Å². The van der Waals surface area contributed by atoms with Crippen LogP contribution in [-0.2, 0) is 6.54 Å². The summed E-state index contributed by atoms with van der Waals surface area (Å²) in [5, 5.41) is 0. The van der Waals surface area contributed by atoms with E-state index < -0.39 is 0 Å². The molecule has 0 spiro atoms. The van der Waals surface area contributed by atoms with Crippen LogP contribution in [0.2, 0.25) is 0 Å². The second-order valence-corrected chi connectivity index (χ2v) is 4.82. The molecule has 104 valence electrons. The van der Waals surface area contributed by atoms with Crippen LogP contribution in [0.25, 0.3) is 22.2 Å². The van der Waals surface area contributed by atoms with Gasteiger partial charge >= 0.3 is 5.89 Å². The van der Waals surface area contributed by atoms with Gasteiger partial charge in [0.2, 0.25) is 5.58 Å². The highest BCUT2D eigenvalue weighted by atomic mass is 127. The lowest BCUT2D eigenvalue weighted by Gasteiger charge is -1.99. The van der Waals surface area contributed by atoms with Crippen molar-refractivity contribution in [3.8, 4) is 11.1 Å². The van der Waals surface area contributed by atoms with E-state index >= 15 is 0 Å². The Labute approximate surface area is 136 Å². The summed E-state index contributed by atoms with van der Waals surface area (Å²) in [5.74, 6) is 0.974. The number of halogens is 1. The third kappa shape index (κ3) is 2.73. The first-order chi connectivity index (χ1) is 9.29. The van der Waals surface area contributed by atoms with Crippen molar-refractivity contribution in [1.82, 2.24) is 0 Å². The maximum Gasteiger partial charge on any atom is 0.344 e. The Hall–Kier alpha value is -1.36. The summed E-state index contributed by atoms with van der Waals surface area (Å²) in [7, 11) is 0. The van der Waals surface area contributed by atoms with E-state index in [2.05, 4.69) is 54.0 Å². The second-order valence-electron chi connectivity index (χ2n) is 4.82. The molecule has 3 rings (SSSR count). The van der Waals surface area contributed by atoms with Crippen LogP contribution in [-0.4, -0.2) is 0 Å². The fourth-order valence-electron chi connectivity index (χ4n) is 2.51. The molecule has 0 radical (unpaired) electrons. The van der Waals surface area contributed by atoms with E-state index in [1.807, 2.05) is 13.0 Å². The van der Waals surface area contributed by atoms with Gasteiger partial charge in [-0.1, -0.05) is 43.3 Å². The average Bonchev–Trinajstić information content (AvgIpc) is 2.76. The molecule has 0 fully saturated rings. The maximum atomic E-state index is 5.81. The first kappa shape index (κ1) is 15.0. The zero-order valence-corrected chi connectivity index (χ0v) is 14.1. The van der Waals surface area contributed by atoms with Crippen LogP contribution in [0.15, 0.2) is 52.9 Å². The first-order valence-electron chi connectivity index (χ1n) is 6.78. The van der Waals surface area contributed by atoms with E-state index in [-0.39, 0.29) is 24.0 Å². The van der Waals surface area contributed by atoms with Crippen molar-refractivity contribution < 1.29 is 8.98 Å². The smallest absolute Gasteiger partial charge is 0.344 e. The van der Waals surface area contributed by atoms with Gasteiger partial charge in [0.05, 0.1) is 6.92 Å². The molecule has 20 heavy (non-hydrogen) atoms. The number of oxazole rings is 1. The minimum Gasteiger partial charge on any atom is -0.402 e. The lowest BCUT2D eigenvalue weighted by molar-refractivity contribution is -0.682. The normalized spacial score (nSPS) is 10.5. The van der Waals surface area contributed by atoms with Crippen LogP contribution in [0.5, 0.6) is 0 Å². The van der Waals surface area contributed by atoms with Gasteiger partial charge in [-0.05, 0) is 17.2 Å². The van der Waals surface area contributed by atoms with Crippen molar-refractivity contribution in [1.29, 1.82) is 0 Å². The highest BCUT2D eigenvalue weighted by Gasteiger charge is 2.18. The number of hydrogen-bond donors (Lipinski definition) is 0. The minimum atomic E-state index is 0. The fourth-order valence-corrected chi connectivity index (χ4v) is 2.51. The van der Waals surface area contributed by atoms with Gasteiger partial charge in [-0.25, -0.2) is 0 Å². The molecule has 2 aromatic carbocycles.